The Labute approximate surface area is 184 Å². The van der Waals surface area contributed by atoms with Crippen molar-refractivity contribution < 1.29 is 14.1 Å². The van der Waals surface area contributed by atoms with Gasteiger partial charge in [-0.1, -0.05) is 25.4 Å². The molecule has 2 aromatic rings. The molecule has 8 heteroatoms. The van der Waals surface area contributed by atoms with Crippen molar-refractivity contribution in [3.63, 3.8) is 0 Å². The van der Waals surface area contributed by atoms with Gasteiger partial charge in [-0.15, -0.1) is 0 Å². The third-order valence-electron chi connectivity index (χ3n) is 5.69. The zero-order valence-electron chi connectivity index (χ0n) is 17.3. The van der Waals surface area contributed by atoms with Crippen LogP contribution in [-0.2, 0) is 4.79 Å². The molecule has 1 atom stereocenters. The van der Waals surface area contributed by atoms with E-state index in [9.17, 15) is 20.2 Å². The van der Waals surface area contributed by atoms with Gasteiger partial charge in [0, 0.05) is 34.5 Å². The number of hydrogen-bond donors (Lipinski definition) is 1. The summed E-state index contributed by atoms with van der Waals surface area (Å²) in [4.78, 5) is 24.0. The molecule has 158 valence electrons. The quantitative estimate of drug-likeness (QED) is 0.491. The molecule has 0 bridgehead atoms. The molecule has 1 aromatic carbocycles. The van der Waals surface area contributed by atoms with Crippen LogP contribution in [0.1, 0.15) is 45.3 Å². The summed E-state index contributed by atoms with van der Waals surface area (Å²) in [5.41, 5.74) is 2.33. The highest BCUT2D eigenvalue weighted by atomic mass is 35.5. The topological polar surface area (TPSA) is 109 Å². The number of rotatable bonds is 3. The maximum absolute atomic E-state index is 13.1. The number of hydrogen-bond acceptors (Lipinski definition) is 6. The van der Waals surface area contributed by atoms with E-state index in [2.05, 4.69) is 11.4 Å². The lowest BCUT2D eigenvalue weighted by molar-refractivity contribution is -0.384. The molecule has 1 aliphatic carbocycles. The minimum Gasteiger partial charge on any atom is -0.460 e. The first-order valence-corrected chi connectivity index (χ1v) is 10.2. The lowest BCUT2D eigenvalue weighted by atomic mass is 9.70. The second kappa shape index (κ2) is 7.40. The van der Waals surface area contributed by atoms with Gasteiger partial charge in [-0.2, -0.15) is 5.26 Å². The fraction of sp³-hybridized carbons (Fsp3) is 0.304. The summed E-state index contributed by atoms with van der Waals surface area (Å²) >= 11 is 5.92. The largest absolute Gasteiger partial charge is 0.460 e. The zero-order chi connectivity index (χ0) is 22.5. The van der Waals surface area contributed by atoms with Gasteiger partial charge in [0.05, 0.1) is 28.0 Å². The number of carbonyl (C=O) groups is 1. The predicted molar refractivity (Wildman–Crippen MR) is 115 cm³/mol. The molecule has 0 radical (unpaired) electrons. The van der Waals surface area contributed by atoms with E-state index in [1.165, 1.54) is 12.1 Å². The second-order valence-corrected chi connectivity index (χ2v) is 9.10. The Morgan fingerprint density at radius 3 is 2.71 bits per heavy atom. The molecule has 4 rings (SSSR count). The minimum atomic E-state index is -0.648. The number of ketones is 1. The fourth-order valence-electron chi connectivity index (χ4n) is 4.39. The van der Waals surface area contributed by atoms with Crippen molar-refractivity contribution in [2.45, 2.75) is 39.5 Å². The van der Waals surface area contributed by atoms with Crippen LogP contribution in [0.25, 0.3) is 11.3 Å². The van der Waals surface area contributed by atoms with Gasteiger partial charge < -0.3 is 9.73 Å². The first kappa shape index (κ1) is 20.9. The van der Waals surface area contributed by atoms with Crippen LogP contribution in [0.4, 0.5) is 5.69 Å². The van der Waals surface area contributed by atoms with Crippen LogP contribution in [0.3, 0.4) is 0 Å². The van der Waals surface area contributed by atoms with E-state index in [1.54, 1.807) is 25.1 Å². The van der Waals surface area contributed by atoms with E-state index in [1.807, 2.05) is 13.8 Å². The molecule has 2 aliphatic rings. The Morgan fingerprint density at radius 1 is 1.29 bits per heavy atom. The van der Waals surface area contributed by atoms with Crippen LogP contribution >= 0.6 is 11.6 Å². The summed E-state index contributed by atoms with van der Waals surface area (Å²) in [6, 6.07) is 9.84. The average molecular weight is 438 g/mol. The van der Waals surface area contributed by atoms with E-state index in [-0.39, 0.29) is 33.2 Å². The Bertz CT molecular complexity index is 1230. The smallest absolute Gasteiger partial charge is 0.281 e. The molecular weight excluding hydrogens is 418 g/mol. The molecule has 0 amide bonds. The molecule has 7 nitrogen and oxygen atoms in total. The summed E-state index contributed by atoms with van der Waals surface area (Å²) in [6.45, 7) is 5.87. The number of furan rings is 1. The van der Waals surface area contributed by atoms with Crippen molar-refractivity contribution in [2.24, 2.45) is 5.41 Å². The van der Waals surface area contributed by atoms with Gasteiger partial charge in [0.2, 0.25) is 0 Å². The van der Waals surface area contributed by atoms with Crippen molar-refractivity contribution in [3.05, 3.63) is 73.8 Å². The SMILES string of the molecule is CC1=C(C#N)C(c2ccc(-c3ccc(Cl)cc3[N+](=O)[O-])o2)C2=C(CC(C)(C)CC2=O)N1. The van der Waals surface area contributed by atoms with Gasteiger partial charge in [-0.25, -0.2) is 0 Å². The number of nitrogens with one attached hydrogen (secondary N) is 1. The van der Waals surface area contributed by atoms with Crippen molar-refractivity contribution >= 4 is 23.1 Å². The maximum Gasteiger partial charge on any atom is 0.281 e. The van der Waals surface area contributed by atoms with Crippen LogP contribution in [0.2, 0.25) is 5.02 Å². The van der Waals surface area contributed by atoms with Crippen LogP contribution < -0.4 is 5.32 Å². The molecular formula is C23H20ClN3O4. The summed E-state index contributed by atoms with van der Waals surface area (Å²) in [5, 5.41) is 24.8. The summed E-state index contributed by atoms with van der Waals surface area (Å²) in [7, 11) is 0. The number of Topliss-reactive ketones (excluding diaryl/α,β-unsaturated/α-hetero) is 1. The average Bonchev–Trinajstić information content (AvgIpc) is 3.15. The lowest BCUT2D eigenvalue weighted by Crippen LogP contribution is -2.36. The fourth-order valence-corrected chi connectivity index (χ4v) is 4.55. The van der Waals surface area contributed by atoms with Crippen molar-refractivity contribution in [2.75, 3.05) is 0 Å². The minimum absolute atomic E-state index is 0.0283. The maximum atomic E-state index is 13.1. The molecule has 31 heavy (non-hydrogen) atoms. The van der Waals surface area contributed by atoms with Gasteiger partial charge in [0.15, 0.2) is 5.78 Å². The van der Waals surface area contributed by atoms with E-state index in [0.717, 1.165) is 5.70 Å². The second-order valence-electron chi connectivity index (χ2n) is 8.66. The Balaban J connectivity index is 1.84. The number of benzene rings is 1. The highest BCUT2D eigenvalue weighted by molar-refractivity contribution is 6.30. The standard InChI is InChI=1S/C23H20ClN3O4/c1-12-15(11-25)21(22-16(26-12)9-23(2,3)10-18(22)28)20-7-6-19(31-20)14-5-4-13(24)8-17(14)27(29)30/h4-8,21,26H,9-10H2,1-3H3. The highest BCUT2D eigenvalue weighted by Gasteiger charge is 2.42. The molecule has 1 unspecified atom stereocenters. The Morgan fingerprint density at radius 2 is 2.03 bits per heavy atom. The third-order valence-corrected chi connectivity index (χ3v) is 5.93. The summed E-state index contributed by atoms with van der Waals surface area (Å²) < 4.78 is 6.02. The van der Waals surface area contributed by atoms with Crippen molar-refractivity contribution in [1.29, 1.82) is 5.26 Å². The normalized spacial score (nSPS) is 20.2. The molecule has 0 fully saturated rings. The molecule has 0 spiro atoms. The predicted octanol–water partition coefficient (Wildman–Crippen LogP) is 5.64. The highest BCUT2D eigenvalue weighted by Crippen LogP contribution is 2.47. The van der Waals surface area contributed by atoms with E-state index in [0.29, 0.717) is 35.4 Å². The number of halogens is 1. The van der Waals surface area contributed by atoms with E-state index < -0.39 is 10.8 Å². The molecule has 0 saturated heterocycles. The van der Waals surface area contributed by atoms with Crippen LogP contribution in [0, 0.1) is 26.9 Å². The van der Waals surface area contributed by atoms with Gasteiger partial charge in [0.1, 0.15) is 11.5 Å². The molecule has 1 N–H and O–H groups in total. The molecule has 1 aromatic heterocycles. The number of nitriles is 1. The van der Waals surface area contributed by atoms with Gasteiger partial charge in [-0.05, 0) is 43.0 Å². The lowest BCUT2D eigenvalue weighted by Gasteiger charge is -2.38. The third kappa shape index (κ3) is 3.64. The molecule has 2 heterocycles. The number of nitrogens with zero attached hydrogens (tertiary/aromatic N) is 2. The van der Waals surface area contributed by atoms with E-state index in [4.69, 9.17) is 16.0 Å². The zero-order valence-corrected chi connectivity index (χ0v) is 18.0. The monoisotopic (exact) mass is 437 g/mol. The summed E-state index contributed by atoms with van der Waals surface area (Å²) in [5.74, 6) is -0.000774. The number of carbonyl (C=O) groups excluding carboxylic acids is 1. The van der Waals surface area contributed by atoms with E-state index >= 15 is 0 Å². The number of allylic oxidation sites excluding steroid dienone is 4. The van der Waals surface area contributed by atoms with Gasteiger partial charge in [0.25, 0.3) is 5.69 Å². The number of nitro benzene ring substituents is 1. The first-order valence-electron chi connectivity index (χ1n) is 9.79. The van der Waals surface area contributed by atoms with Crippen molar-refractivity contribution in [3.8, 4) is 17.4 Å². The molecule has 0 saturated carbocycles. The van der Waals surface area contributed by atoms with Gasteiger partial charge >= 0.3 is 0 Å². The number of nitro groups is 1. The number of dihydropyridines is 1. The van der Waals surface area contributed by atoms with Crippen LogP contribution in [-0.4, -0.2) is 10.7 Å². The Hall–Kier alpha value is -3.37. The first-order chi connectivity index (χ1) is 14.6. The Kier molecular flexibility index (Phi) is 4.98. The van der Waals surface area contributed by atoms with Gasteiger partial charge in [-0.3, -0.25) is 14.9 Å². The van der Waals surface area contributed by atoms with Crippen LogP contribution in [0.5, 0.6) is 0 Å². The summed E-state index contributed by atoms with van der Waals surface area (Å²) in [6.07, 6.45) is 1.05. The van der Waals surface area contributed by atoms with Crippen LogP contribution in [0.15, 0.2) is 57.3 Å². The van der Waals surface area contributed by atoms with Crippen molar-refractivity contribution in [1.82, 2.24) is 5.32 Å². The molecule has 1 aliphatic heterocycles.